The fraction of sp³-hybridized carbons (Fsp3) is 0.389. The first-order valence-electron chi connectivity index (χ1n) is 8.28. The highest BCUT2D eigenvalue weighted by atomic mass is 35.5. The van der Waals surface area contributed by atoms with E-state index in [2.05, 4.69) is 4.74 Å². The molecule has 2 atom stereocenters. The number of ether oxygens (including phenoxy) is 1. The summed E-state index contributed by atoms with van der Waals surface area (Å²) < 4.78 is 14.7. The van der Waals surface area contributed by atoms with Crippen molar-refractivity contribution in [2.45, 2.75) is 44.8 Å². The van der Waals surface area contributed by atoms with Crippen molar-refractivity contribution >= 4 is 36.5 Å². The molecule has 2 unspecified atom stereocenters. The second-order valence-corrected chi connectivity index (χ2v) is 7.36. The molecule has 5 nitrogen and oxygen atoms in total. The lowest BCUT2D eigenvalue weighted by Crippen LogP contribution is -2.23. The number of esters is 1. The van der Waals surface area contributed by atoms with Crippen molar-refractivity contribution in [3.05, 3.63) is 41.4 Å². The number of nitrogens with zero attached hydrogens (tertiary/aromatic N) is 1. The van der Waals surface area contributed by atoms with Gasteiger partial charge in [0.25, 0.3) is 0 Å². The standard InChI is InChI=1S/C18H19ClNO4P/c1-12(18(21)23-14-7-3-4-8-14)20-25(22)24-17-15-9-5-2-6-13(15)10-11-16(17)19/h2,5-6,9-12,14H,3-4,7-8H2,1H3. The third kappa shape index (κ3) is 4.49. The van der Waals surface area contributed by atoms with Crippen LogP contribution in [0.1, 0.15) is 32.6 Å². The Bertz CT molecular complexity index is 805. The lowest BCUT2D eigenvalue weighted by Gasteiger charge is -2.12. The predicted molar refractivity (Wildman–Crippen MR) is 96.7 cm³/mol. The van der Waals surface area contributed by atoms with Crippen LogP contribution < -0.4 is 9.42 Å². The van der Waals surface area contributed by atoms with Gasteiger partial charge in [0.15, 0.2) is 6.04 Å². The largest absolute Gasteiger partial charge is 0.575 e. The monoisotopic (exact) mass is 379 g/mol. The van der Waals surface area contributed by atoms with Crippen LogP contribution in [0.2, 0.25) is 5.02 Å². The SMILES string of the molecule is CC(N=[P+]([O-])Oc1c(Cl)ccc2ccccc12)C(=O)OC1CCCC1. The molecule has 0 bridgehead atoms. The number of hydrogen-bond donors (Lipinski definition) is 0. The van der Waals surface area contributed by atoms with Crippen LogP contribution in [0, 0.1) is 0 Å². The van der Waals surface area contributed by atoms with Gasteiger partial charge in [-0.2, -0.15) is 0 Å². The van der Waals surface area contributed by atoms with Crippen molar-refractivity contribution in [3.8, 4) is 5.75 Å². The lowest BCUT2D eigenvalue weighted by molar-refractivity contribution is -0.170. The van der Waals surface area contributed by atoms with E-state index in [4.69, 9.17) is 20.9 Å². The number of rotatable bonds is 5. The zero-order valence-corrected chi connectivity index (χ0v) is 15.5. The van der Waals surface area contributed by atoms with Gasteiger partial charge in [-0.05, 0) is 44.1 Å². The Morgan fingerprint density at radius 3 is 2.76 bits per heavy atom. The van der Waals surface area contributed by atoms with Crippen LogP contribution in [0.5, 0.6) is 5.75 Å². The summed E-state index contributed by atoms with van der Waals surface area (Å²) in [5.74, 6) is -0.163. The smallest absolute Gasteiger partial charge is 0.395 e. The van der Waals surface area contributed by atoms with Gasteiger partial charge in [0.05, 0.1) is 5.02 Å². The summed E-state index contributed by atoms with van der Waals surface area (Å²) >= 11 is 6.17. The van der Waals surface area contributed by atoms with E-state index in [9.17, 15) is 9.69 Å². The van der Waals surface area contributed by atoms with E-state index in [1.807, 2.05) is 30.3 Å². The number of carbonyl (C=O) groups excluding carboxylic acids is 1. The molecule has 2 aromatic carbocycles. The molecule has 1 fully saturated rings. The maximum Gasteiger partial charge on any atom is 0.395 e. The molecule has 3 rings (SSSR count). The summed E-state index contributed by atoms with van der Waals surface area (Å²) in [5, 5.41) is 2.01. The highest BCUT2D eigenvalue weighted by Gasteiger charge is 2.25. The van der Waals surface area contributed by atoms with Gasteiger partial charge in [-0.15, -0.1) is 0 Å². The quantitative estimate of drug-likeness (QED) is 0.562. The van der Waals surface area contributed by atoms with Gasteiger partial charge in [-0.25, -0.2) is 4.79 Å². The average molecular weight is 380 g/mol. The molecule has 0 spiro atoms. The Morgan fingerprint density at radius 1 is 1.28 bits per heavy atom. The molecule has 1 saturated carbocycles. The minimum atomic E-state index is -2.45. The van der Waals surface area contributed by atoms with E-state index in [1.165, 1.54) is 0 Å². The molecule has 0 radical (unpaired) electrons. The highest BCUT2D eigenvalue weighted by molar-refractivity contribution is 7.34. The summed E-state index contributed by atoms with van der Waals surface area (Å²) in [4.78, 5) is 24.3. The van der Waals surface area contributed by atoms with Crippen molar-refractivity contribution in [1.29, 1.82) is 0 Å². The van der Waals surface area contributed by atoms with E-state index in [0.29, 0.717) is 10.8 Å². The average Bonchev–Trinajstić information content (AvgIpc) is 3.10. The molecule has 1 aliphatic rings. The molecule has 0 saturated heterocycles. The second kappa shape index (κ2) is 8.13. The van der Waals surface area contributed by atoms with Gasteiger partial charge in [-0.1, -0.05) is 46.7 Å². The minimum absolute atomic E-state index is 0.0449. The Kier molecular flexibility index (Phi) is 5.89. The maximum atomic E-state index is 12.3. The van der Waals surface area contributed by atoms with Crippen molar-refractivity contribution < 1.29 is 18.9 Å². The Balaban J connectivity index is 1.72. The lowest BCUT2D eigenvalue weighted by atomic mass is 10.1. The molecular weight excluding hydrogens is 361 g/mol. The molecule has 1 aliphatic carbocycles. The van der Waals surface area contributed by atoms with Gasteiger partial charge in [0, 0.05) is 5.39 Å². The normalized spacial score (nSPS) is 16.8. The molecule has 0 aliphatic heterocycles. The van der Waals surface area contributed by atoms with Crippen LogP contribution in [0.3, 0.4) is 0 Å². The first-order chi connectivity index (χ1) is 12.0. The number of hydrogen-bond acceptors (Lipinski definition) is 5. The number of fused-ring (bicyclic) bond motifs is 1. The van der Waals surface area contributed by atoms with E-state index in [-0.39, 0.29) is 6.10 Å². The fourth-order valence-corrected chi connectivity index (χ4v) is 3.90. The van der Waals surface area contributed by atoms with Crippen LogP contribution in [-0.4, -0.2) is 18.1 Å². The summed E-state index contributed by atoms with van der Waals surface area (Å²) in [6, 6.07) is 10.2. The van der Waals surface area contributed by atoms with Crippen molar-refractivity contribution in [2.75, 3.05) is 0 Å². The summed E-state index contributed by atoms with van der Waals surface area (Å²) in [5.41, 5.74) is 0. The zero-order chi connectivity index (χ0) is 17.8. The topological polar surface area (TPSA) is 71.0 Å². The Labute approximate surface area is 152 Å². The Hall–Kier alpha value is -1.68. The van der Waals surface area contributed by atoms with Gasteiger partial charge in [0.2, 0.25) is 5.75 Å². The summed E-state index contributed by atoms with van der Waals surface area (Å²) in [7, 11) is -2.45. The number of carbonyl (C=O) groups is 1. The predicted octanol–water partition coefficient (Wildman–Crippen LogP) is 4.60. The van der Waals surface area contributed by atoms with Crippen LogP contribution >= 0.6 is 19.8 Å². The molecule has 0 heterocycles. The molecule has 0 amide bonds. The van der Waals surface area contributed by atoms with Crippen LogP contribution in [0.15, 0.2) is 41.1 Å². The highest BCUT2D eigenvalue weighted by Crippen LogP contribution is 2.38. The molecule has 132 valence electrons. The van der Waals surface area contributed by atoms with Crippen LogP contribution in [0.4, 0.5) is 0 Å². The molecule has 25 heavy (non-hydrogen) atoms. The zero-order valence-electron chi connectivity index (χ0n) is 13.9. The van der Waals surface area contributed by atoms with Crippen LogP contribution in [-0.2, 0) is 9.53 Å². The third-order valence-electron chi connectivity index (χ3n) is 4.19. The second-order valence-electron chi connectivity index (χ2n) is 6.06. The molecule has 7 heteroatoms. The first kappa shape index (κ1) is 18.1. The van der Waals surface area contributed by atoms with E-state index >= 15 is 0 Å². The molecular formula is C18H19ClNO4P. The number of halogens is 1. The summed E-state index contributed by atoms with van der Waals surface area (Å²) in [6.07, 6.45) is 3.86. The van der Waals surface area contributed by atoms with E-state index in [1.54, 1.807) is 13.0 Å². The molecule has 0 aromatic heterocycles. The van der Waals surface area contributed by atoms with Gasteiger partial charge >= 0.3 is 14.1 Å². The minimum Gasteiger partial charge on any atom is -0.575 e. The number of benzene rings is 2. The first-order valence-corrected chi connectivity index (χ1v) is 9.79. The van der Waals surface area contributed by atoms with Crippen molar-refractivity contribution in [2.24, 2.45) is 4.74 Å². The molecule has 0 N–H and O–H groups in total. The third-order valence-corrected chi connectivity index (χ3v) is 5.37. The Morgan fingerprint density at radius 2 is 2.00 bits per heavy atom. The van der Waals surface area contributed by atoms with Gasteiger partial charge in [0.1, 0.15) is 6.10 Å². The molecule has 2 aromatic rings. The van der Waals surface area contributed by atoms with Gasteiger partial charge < -0.3 is 9.63 Å². The van der Waals surface area contributed by atoms with E-state index in [0.717, 1.165) is 36.5 Å². The fourth-order valence-electron chi connectivity index (χ4n) is 2.87. The van der Waals surface area contributed by atoms with E-state index < -0.39 is 20.2 Å². The van der Waals surface area contributed by atoms with Gasteiger partial charge in [-0.3, -0.25) is 4.52 Å². The maximum absolute atomic E-state index is 12.3. The summed E-state index contributed by atoms with van der Waals surface area (Å²) in [6.45, 7) is 1.55. The van der Waals surface area contributed by atoms with Crippen LogP contribution in [0.25, 0.3) is 10.8 Å². The van der Waals surface area contributed by atoms with Crippen molar-refractivity contribution in [3.63, 3.8) is 0 Å². The van der Waals surface area contributed by atoms with Crippen molar-refractivity contribution in [1.82, 2.24) is 0 Å².